The zero-order chi connectivity index (χ0) is 21.8. The molecule has 2 rings (SSSR count). The van der Waals surface area contributed by atoms with Crippen LogP contribution >= 0.6 is 11.8 Å². The Morgan fingerprint density at radius 1 is 1.33 bits per heavy atom. The lowest BCUT2D eigenvalue weighted by Crippen LogP contribution is -2.34. The summed E-state index contributed by atoms with van der Waals surface area (Å²) in [5.41, 5.74) is 0.968. The second-order valence-corrected chi connectivity index (χ2v) is 8.75. The quantitative estimate of drug-likeness (QED) is 0.319. The summed E-state index contributed by atoms with van der Waals surface area (Å²) in [7, 11) is 0. The zero-order valence-corrected chi connectivity index (χ0v) is 18.3. The van der Waals surface area contributed by atoms with Gasteiger partial charge in [-0.25, -0.2) is 0 Å². The van der Waals surface area contributed by atoms with Crippen LogP contribution in [0.15, 0.2) is 42.5 Å². The van der Waals surface area contributed by atoms with Crippen LogP contribution < -0.4 is 0 Å². The Kier molecular flexibility index (Phi) is 10.5. The monoisotopic (exact) mass is 429 g/mol. The van der Waals surface area contributed by atoms with Gasteiger partial charge >= 0.3 is 5.97 Å². The van der Waals surface area contributed by atoms with E-state index in [1.165, 1.54) is 0 Å². The Balaban J connectivity index is 1.76. The first-order valence-electron chi connectivity index (χ1n) is 10.5. The highest BCUT2D eigenvalue weighted by atomic mass is 32.2. The van der Waals surface area contributed by atoms with Crippen LogP contribution in [-0.4, -0.2) is 57.2 Å². The van der Waals surface area contributed by atoms with Crippen molar-refractivity contribution in [3.05, 3.63) is 48.0 Å². The Morgan fingerprint density at radius 2 is 2.10 bits per heavy atom. The molecular weight excluding hydrogens is 398 g/mol. The third-order valence-corrected chi connectivity index (χ3v) is 6.12. The van der Waals surface area contributed by atoms with Crippen LogP contribution in [0.25, 0.3) is 0 Å². The summed E-state index contributed by atoms with van der Waals surface area (Å²) in [5.74, 6) is 7.21. The van der Waals surface area contributed by atoms with Crippen LogP contribution in [0.2, 0.25) is 0 Å². The van der Waals surface area contributed by atoms with E-state index >= 15 is 0 Å². The Labute approximate surface area is 183 Å². The summed E-state index contributed by atoms with van der Waals surface area (Å²) in [6.45, 7) is 2.62. The number of rotatable bonds is 11. The maximum atomic E-state index is 12.2. The van der Waals surface area contributed by atoms with Crippen LogP contribution in [0.4, 0.5) is 0 Å². The summed E-state index contributed by atoms with van der Waals surface area (Å²) in [6, 6.07) is 9.81. The Morgan fingerprint density at radius 3 is 2.83 bits per heavy atom. The molecule has 0 spiro atoms. The molecule has 0 aliphatic carbocycles. The summed E-state index contributed by atoms with van der Waals surface area (Å²) in [4.78, 5) is 24.6. The molecule has 0 bridgehead atoms. The van der Waals surface area contributed by atoms with Gasteiger partial charge in [0.1, 0.15) is 0 Å². The molecule has 1 amide bonds. The Hall–Kier alpha value is -2.23. The molecule has 1 saturated heterocycles. The first-order chi connectivity index (χ1) is 14.5. The van der Waals surface area contributed by atoms with E-state index in [-0.39, 0.29) is 24.3 Å². The highest BCUT2D eigenvalue weighted by Crippen LogP contribution is 2.21. The standard InChI is InChI=1S/C24H31NO4S/c1-19(7-5-10-20-8-3-2-4-9-20)22(26)14-12-21-13-15-23(27)25(21)16-18-30-17-6-11-24(28)29/h2-4,8-9,12,14,19,21-22,26H,6-7,11,13,15-18H2,1H3,(H,28,29)/t19-,21?,22+/m0/s1. The van der Waals surface area contributed by atoms with Crippen molar-refractivity contribution in [2.45, 2.75) is 51.2 Å². The number of amides is 1. The third-order valence-electron chi connectivity index (χ3n) is 5.07. The number of nitrogens with zero attached hydrogens (tertiary/aromatic N) is 1. The average Bonchev–Trinajstić information content (AvgIpc) is 3.08. The second kappa shape index (κ2) is 13.1. The number of hydrogen-bond acceptors (Lipinski definition) is 4. The van der Waals surface area contributed by atoms with Crippen molar-refractivity contribution < 1.29 is 19.8 Å². The van der Waals surface area contributed by atoms with Crippen LogP contribution in [0.3, 0.4) is 0 Å². The van der Waals surface area contributed by atoms with Crippen LogP contribution in [0.5, 0.6) is 0 Å². The fraction of sp³-hybridized carbons (Fsp3) is 0.500. The van der Waals surface area contributed by atoms with Crippen molar-refractivity contribution in [2.24, 2.45) is 5.92 Å². The van der Waals surface area contributed by atoms with Crippen LogP contribution in [-0.2, 0) is 9.59 Å². The first kappa shape index (κ1) is 24.0. The van der Waals surface area contributed by atoms with Gasteiger partial charge in [0.2, 0.25) is 5.91 Å². The second-order valence-electron chi connectivity index (χ2n) is 7.53. The van der Waals surface area contributed by atoms with Gasteiger partial charge in [-0.05, 0) is 36.6 Å². The molecule has 0 radical (unpaired) electrons. The number of carboxylic acids is 1. The van der Waals surface area contributed by atoms with Gasteiger partial charge in [0, 0.05) is 37.1 Å². The van der Waals surface area contributed by atoms with E-state index in [9.17, 15) is 14.7 Å². The number of aliphatic hydroxyl groups is 1. The van der Waals surface area contributed by atoms with Crippen molar-refractivity contribution in [1.82, 2.24) is 4.90 Å². The molecule has 2 N–H and O–H groups in total. The lowest BCUT2D eigenvalue weighted by atomic mass is 9.99. The number of carboxylic acid groups (broad SMARTS) is 1. The normalized spacial score (nSPS) is 18.3. The van der Waals surface area contributed by atoms with E-state index in [1.54, 1.807) is 17.8 Å². The van der Waals surface area contributed by atoms with Crippen molar-refractivity contribution in [2.75, 3.05) is 18.1 Å². The van der Waals surface area contributed by atoms with E-state index < -0.39 is 12.1 Å². The van der Waals surface area contributed by atoms with Crippen LogP contribution in [0.1, 0.15) is 44.6 Å². The number of thioether (sulfide) groups is 1. The molecule has 1 heterocycles. The number of aliphatic hydroxyl groups excluding tert-OH is 1. The van der Waals surface area contributed by atoms with Crippen molar-refractivity contribution in [3.8, 4) is 11.8 Å². The van der Waals surface area contributed by atoms with Gasteiger partial charge < -0.3 is 15.1 Å². The molecule has 0 saturated carbocycles. The molecule has 1 aliphatic rings. The van der Waals surface area contributed by atoms with Crippen molar-refractivity contribution >= 4 is 23.6 Å². The summed E-state index contributed by atoms with van der Waals surface area (Å²) in [6.07, 6.45) is 5.89. The minimum Gasteiger partial charge on any atom is -0.481 e. The zero-order valence-electron chi connectivity index (χ0n) is 17.5. The smallest absolute Gasteiger partial charge is 0.303 e. The van der Waals surface area contributed by atoms with Gasteiger partial charge in [-0.15, -0.1) is 0 Å². The minimum absolute atomic E-state index is 0.00723. The lowest BCUT2D eigenvalue weighted by molar-refractivity contribution is -0.137. The molecular formula is C24H31NO4S. The lowest BCUT2D eigenvalue weighted by Gasteiger charge is -2.23. The maximum Gasteiger partial charge on any atom is 0.303 e. The van der Waals surface area contributed by atoms with E-state index in [0.717, 1.165) is 23.5 Å². The third kappa shape index (κ3) is 8.64. The average molecular weight is 430 g/mol. The van der Waals surface area contributed by atoms with Gasteiger partial charge in [-0.3, -0.25) is 9.59 Å². The summed E-state index contributed by atoms with van der Waals surface area (Å²) in [5, 5.41) is 19.1. The predicted octanol–water partition coefficient (Wildman–Crippen LogP) is 3.57. The molecule has 0 aromatic heterocycles. The number of likely N-dealkylation sites (tertiary alicyclic amines) is 1. The van der Waals surface area contributed by atoms with Gasteiger partial charge in [-0.1, -0.05) is 49.1 Å². The largest absolute Gasteiger partial charge is 0.481 e. The molecule has 3 atom stereocenters. The van der Waals surface area contributed by atoms with Gasteiger partial charge in [0.05, 0.1) is 12.1 Å². The fourth-order valence-corrected chi connectivity index (χ4v) is 4.10. The van der Waals surface area contributed by atoms with E-state index in [1.807, 2.05) is 48.2 Å². The maximum absolute atomic E-state index is 12.2. The molecule has 5 nitrogen and oxygen atoms in total. The number of carbonyl (C=O) groups excluding carboxylic acids is 1. The number of carbonyl (C=O) groups is 2. The molecule has 1 aromatic carbocycles. The molecule has 162 valence electrons. The van der Waals surface area contributed by atoms with E-state index in [0.29, 0.717) is 25.8 Å². The molecule has 1 unspecified atom stereocenters. The molecule has 1 fully saturated rings. The SMILES string of the molecule is C[C@@H](CC#Cc1ccccc1)[C@H](O)C=CC1CCC(=O)N1CCSCCCC(=O)O. The number of benzene rings is 1. The molecule has 6 heteroatoms. The van der Waals surface area contributed by atoms with Crippen molar-refractivity contribution in [3.63, 3.8) is 0 Å². The van der Waals surface area contributed by atoms with Crippen molar-refractivity contribution in [1.29, 1.82) is 0 Å². The highest BCUT2D eigenvalue weighted by molar-refractivity contribution is 7.99. The van der Waals surface area contributed by atoms with E-state index in [2.05, 4.69) is 11.8 Å². The summed E-state index contributed by atoms with van der Waals surface area (Å²) < 4.78 is 0. The topological polar surface area (TPSA) is 77.8 Å². The number of hydrogen-bond donors (Lipinski definition) is 2. The fourth-order valence-electron chi connectivity index (χ4n) is 3.22. The van der Waals surface area contributed by atoms with Gasteiger partial charge in [0.25, 0.3) is 0 Å². The van der Waals surface area contributed by atoms with Crippen LogP contribution in [0, 0.1) is 17.8 Å². The Bertz CT molecular complexity index is 768. The molecule has 30 heavy (non-hydrogen) atoms. The highest BCUT2D eigenvalue weighted by Gasteiger charge is 2.28. The summed E-state index contributed by atoms with van der Waals surface area (Å²) >= 11 is 1.68. The predicted molar refractivity (Wildman–Crippen MR) is 121 cm³/mol. The first-order valence-corrected chi connectivity index (χ1v) is 11.6. The van der Waals surface area contributed by atoms with Gasteiger partial charge in [-0.2, -0.15) is 11.8 Å². The van der Waals surface area contributed by atoms with E-state index in [4.69, 9.17) is 5.11 Å². The van der Waals surface area contributed by atoms with Gasteiger partial charge in [0.15, 0.2) is 0 Å². The molecule has 1 aliphatic heterocycles. The number of aliphatic carboxylic acids is 1. The molecule has 1 aromatic rings. The minimum atomic E-state index is -0.769.